The molecule has 3 aromatic heterocycles. The molecule has 0 saturated heterocycles. The van der Waals surface area contributed by atoms with Gasteiger partial charge in [0.15, 0.2) is 0 Å². The Labute approximate surface area is 184 Å². The first-order valence-corrected chi connectivity index (χ1v) is 11.3. The molecule has 0 aliphatic carbocycles. The summed E-state index contributed by atoms with van der Waals surface area (Å²) in [6, 6.07) is 15.0. The van der Waals surface area contributed by atoms with Crippen LogP contribution in [0.2, 0.25) is 0 Å². The first kappa shape index (κ1) is 21.0. The zero-order chi connectivity index (χ0) is 21.8. The Kier molecular flexibility index (Phi) is 6.31. The van der Waals surface area contributed by atoms with Crippen molar-refractivity contribution in [1.29, 1.82) is 0 Å². The van der Waals surface area contributed by atoms with Crippen LogP contribution < -0.4 is 5.32 Å². The van der Waals surface area contributed by atoms with Gasteiger partial charge in [-0.3, -0.25) is 4.40 Å². The molecule has 5 nitrogen and oxygen atoms in total. The average Bonchev–Trinajstić information content (AvgIpc) is 3.21. The number of hydrogen-bond donors (Lipinski definition) is 1. The zero-order valence-electron chi connectivity index (χ0n) is 18.9. The van der Waals surface area contributed by atoms with E-state index >= 15 is 0 Å². The lowest BCUT2D eigenvalue weighted by molar-refractivity contribution is 0.591. The van der Waals surface area contributed by atoms with Crippen LogP contribution in [0, 0.1) is 5.92 Å². The van der Waals surface area contributed by atoms with E-state index in [1.54, 1.807) is 0 Å². The van der Waals surface area contributed by atoms with Crippen LogP contribution in [0.5, 0.6) is 0 Å². The highest BCUT2D eigenvalue weighted by Gasteiger charge is 2.18. The van der Waals surface area contributed by atoms with Gasteiger partial charge in [0, 0.05) is 24.5 Å². The van der Waals surface area contributed by atoms with Crippen molar-refractivity contribution in [2.45, 2.75) is 47.0 Å². The van der Waals surface area contributed by atoms with Gasteiger partial charge in [0.2, 0.25) is 5.95 Å². The molecule has 1 aromatic carbocycles. The number of nitrogens with one attached hydrogen (secondary N) is 1. The van der Waals surface area contributed by atoms with E-state index in [9.17, 15) is 0 Å². The van der Waals surface area contributed by atoms with Crippen molar-refractivity contribution in [3.8, 4) is 22.6 Å². The summed E-state index contributed by atoms with van der Waals surface area (Å²) in [4.78, 5) is 14.3. The van der Waals surface area contributed by atoms with Crippen molar-refractivity contribution in [3.05, 3.63) is 66.0 Å². The third kappa shape index (κ3) is 4.46. The second-order valence-corrected chi connectivity index (χ2v) is 8.14. The fourth-order valence-electron chi connectivity index (χ4n) is 3.64. The van der Waals surface area contributed by atoms with Crippen molar-refractivity contribution < 1.29 is 0 Å². The molecule has 0 bridgehead atoms. The Morgan fingerprint density at radius 1 is 0.935 bits per heavy atom. The molecule has 0 radical (unpaired) electrons. The summed E-state index contributed by atoms with van der Waals surface area (Å²) in [5.74, 6) is 1.23. The van der Waals surface area contributed by atoms with Crippen LogP contribution in [0.15, 0.2) is 54.9 Å². The second kappa shape index (κ2) is 9.29. The number of imidazole rings is 1. The average molecular weight is 414 g/mol. The van der Waals surface area contributed by atoms with Crippen molar-refractivity contribution in [2.24, 2.45) is 5.92 Å². The monoisotopic (exact) mass is 413 g/mol. The molecule has 160 valence electrons. The largest absolute Gasteiger partial charge is 0.354 e. The SMILES string of the molecule is CCc1ccc(-c2nc3cc(CC)ccn3c2-c2ccnc(NCC(C)CC)n2)cc1. The number of aromatic nitrogens is 4. The lowest BCUT2D eigenvalue weighted by atomic mass is 10.1. The Hall–Kier alpha value is -3.21. The van der Waals surface area contributed by atoms with Crippen LogP contribution >= 0.6 is 0 Å². The molecular weight excluding hydrogens is 382 g/mol. The smallest absolute Gasteiger partial charge is 0.223 e. The summed E-state index contributed by atoms with van der Waals surface area (Å²) in [6.07, 6.45) is 7.06. The number of benzene rings is 1. The van der Waals surface area contributed by atoms with E-state index in [-0.39, 0.29) is 0 Å². The van der Waals surface area contributed by atoms with Gasteiger partial charge in [-0.1, -0.05) is 58.4 Å². The number of aryl methyl sites for hydroxylation is 2. The first-order chi connectivity index (χ1) is 15.1. The third-order valence-electron chi connectivity index (χ3n) is 5.94. The molecule has 5 heteroatoms. The minimum atomic E-state index is 0.572. The quantitative estimate of drug-likeness (QED) is 0.382. The van der Waals surface area contributed by atoms with E-state index in [1.165, 1.54) is 11.1 Å². The molecule has 3 heterocycles. The van der Waals surface area contributed by atoms with Crippen LogP contribution in [-0.2, 0) is 12.8 Å². The van der Waals surface area contributed by atoms with Crippen LogP contribution in [0.4, 0.5) is 5.95 Å². The normalized spacial score (nSPS) is 12.3. The number of fused-ring (bicyclic) bond motifs is 1. The fraction of sp³-hybridized carbons (Fsp3) is 0.346. The molecule has 0 fully saturated rings. The predicted molar refractivity (Wildman–Crippen MR) is 128 cm³/mol. The Morgan fingerprint density at radius 2 is 1.71 bits per heavy atom. The predicted octanol–water partition coefficient (Wildman–Crippen LogP) is 6.04. The van der Waals surface area contributed by atoms with Crippen LogP contribution in [0.1, 0.15) is 45.2 Å². The minimum Gasteiger partial charge on any atom is -0.354 e. The number of rotatable bonds is 8. The molecule has 4 aromatic rings. The number of nitrogens with zero attached hydrogens (tertiary/aromatic N) is 4. The Bertz CT molecular complexity index is 1160. The summed E-state index contributed by atoms with van der Waals surface area (Å²) in [5, 5.41) is 3.39. The summed E-state index contributed by atoms with van der Waals surface area (Å²) < 4.78 is 2.14. The van der Waals surface area contributed by atoms with Crippen molar-refractivity contribution in [1.82, 2.24) is 19.4 Å². The lowest BCUT2D eigenvalue weighted by Gasteiger charge is -2.11. The molecule has 0 aliphatic heterocycles. The van der Waals surface area contributed by atoms with Gasteiger partial charge in [-0.25, -0.2) is 15.0 Å². The van der Waals surface area contributed by atoms with Gasteiger partial charge in [0.1, 0.15) is 5.65 Å². The highest BCUT2D eigenvalue weighted by atomic mass is 15.1. The number of pyridine rings is 1. The summed E-state index contributed by atoms with van der Waals surface area (Å²) in [6.45, 7) is 9.62. The Balaban J connectivity index is 1.83. The van der Waals surface area contributed by atoms with Gasteiger partial charge >= 0.3 is 0 Å². The second-order valence-electron chi connectivity index (χ2n) is 8.14. The molecule has 0 amide bonds. The van der Waals surface area contributed by atoms with Gasteiger partial charge in [-0.15, -0.1) is 0 Å². The number of anilines is 1. The minimum absolute atomic E-state index is 0.572. The van der Waals surface area contributed by atoms with E-state index in [1.807, 2.05) is 12.3 Å². The molecule has 1 unspecified atom stereocenters. The third-order valence-corrected chi connectivity index (χ3v) is 5.94. The van der Waals surface area contributed by atoms with E-state index in [0.29, 0.717) is 11.9 Å². The van der Waals surface area contributed by atoms with Gasteiger partial charge in [0.25, 0.3) is 0 Å². The van der Waals surface area contributed by atoms with E-state index < -0.39 is 0 Å². The maximum absolute atomic E-state index is 5.02. The van der Waals surface area contributed by atoms with Gasteiger partial charge in [0.05, 0.1) is 17.1 Å². The van der Waals surface area contributed by atoms with Gasteiger partial charge in [-0.2, -0.15) is 0 Å². The standard InChI is InChI=1S/C26H31N5/c1-5-18(4)17-28-26-27-14-12-22(29-26)25-24(21-10-8-19(6-2)9-11-21)30-23-16-20(7-3)13-15-31(23)25/h8-16,18H,5-7,17H2,1-4H3,(H,27,28,29). The fourth-order valence-corrected chi connectivity index (χ4v) is 3.64. The van der Waals surface area contributed by atoms with Crippen molar-refractivity contribution in [2.75, 3.05) is 11.9 Å². The highest BCUT2D eigenvalue weighted by molar-refractivity contribution is 5.81. The van der Waals surface area contributed by atoms with Crippen LogP contribution in [0.3, 0.4) is 0 Å². The lowest BCUT2D eigenvalue weighted by Crippen LogP contribution is -2.12. The van der Waals surface area contributed by atoms with Crippen molar-refractivity contribution in [3.63, 3.8) is 0 Å². The molecule has 0 saturated carbocycles. The first-order valence-electron chi connectivity index (χ1n) is 11.3. The van der Waals surface area contributed by atoms with Crippen LogP contribution in [-0.4, -0.2) is 25.9 Å². The Morgan fingerprint density at radius 3 is 2.42 bits per heavy atom. The van der Waals surface area contributed by atoms with E-state index in [4.69, 9.17) is 9.97 Å². The van der Waals surface area contributed by atoms with Crippen LogP contribution in [0.25, 0.3) is 28.3 Å². The number of hydrogen-bond acceptors (Lipinski definition) is 4. The van der Waals surface area contributed by atoms with Crippen molar-refractivity contribution >= 4 is 11.6 Å². The summed E-state index contributed by atoms with van der Waals surface area (Å²) in [5.41, 5.74) is 7.45. The summed E-state index contributed by atoms with van der Waals surface area (Å²) in [7, 11) is 0. The van der Waals surface area contributed by atoms with E-state index in [2.05, 4.69) is 85.0 Å². The van der Waals surface area contributed by atoms with E-state index in [0.717, 1.165) is 54.1 Å². The maximum Gasteiger partial charge on any atom is 0.223 e. The molecule has 0 aliphatic rings. The molecule has 4 rings (SSSR count). The van der Waals surface area contributed by atoms with Gasteiger partial charge < -0.3 is 5.32 Å². The highest BCUT2D eigenvalue weighted by Crippen LogP contribution is 2.32. The molecule has 31 heavy (non-hydrogen) atoms. The molecule has 1 atom stereocenters. The van der Waals surface area contributed by atoms with Gasteiger partial charge in [-0.05, 0) is 48.1 Å². The molecular formula is C26H31N5. The molecule has 0 spiro atoms. The maximum atomic E-state index is 5.02. The molecule has 1 N–H and O–H groups in total. The topological polar surface area (TPSA) is 55.1 Å². The summed E-state index contributed by atoms with van der Waals surface area (Å²) >= 11 is 0. The zero-order valence-corrected chi connectivity index (χ0v) is 18.9.